The molecule has 0 aliphatic carbocycles. The van der Waals surface area contributed by atoms with Crippen molar-refractivity contribution < 1.29 is 4.74 Å². The molecule has 0 aromatic heterocycles. The van der Waals surface area contributed by atoms with Gasteiger partial charge < -0.3 is 4.74 Å². The van der Waals surface area contributed by atoms with Gasteiger partial charge in [0.05, 0.1) is 5.60 Å². The zero-order valence-electron chi connectivity index (χ0n) is 11.3. The van der Waals surface area contributed by atoms with Gasteiger partial charge in [0.15, 0.2) is 0 Å². The van der Waals surface area contributed by atoms with Crippen LogP contribution in [0.5, 0.6) is 0 Å². The lowest BCUT2D eigenvalue weighted by atomic mass is 9.88. The summed E-state index contributed by atoms with van der Waals surface area (Å²) in [7, 11) is 0. The van der Waals surface area contributed by atoms with E-state index < -0.39 is 0 Å². The fraction of sp³-hybridized carbons (Fsp3) is 1.00. The minimum Gasteiger partial charge on any atom is -0.375 e. The Morgan fingerprint density at radius 1 is 0.800 bits per heavy atom. The van der Waals surface area contributed by atoms with Crippen molar-refractivity contribution >= 4 is 0 Å². The first-order valence-corrected chi connectivity index (χ1v) is 6.88. The highest BCUT2D eigenvalue weighted by Gasteiger charge is 2.27. The van der Waals surface area contributed by atoms with E-state index in [1.54, 1.807) is 0 Å². The summed E-state index contributed by atoms with van der Waals surface area (Å²) in [5, 5.41) is 0. The fourth-order valence-corrected chi connectivity index (χ4v) is 2.04. The molecule has 0 saturated heterocycles. The fourth-order valence-electron chi connectivity index (χ4n) is 2.04. The molecule has 0 radical (unpaired) electrons. The number of unbranched alkanes of at least 4 members (excludes halogenated alkanes) is 2. The van der Waals surface area contributed by atoms with Crippen molar-refractivity contribution in [2.75, 3.05) is 6.61 Å². The van der Waals surface area contributed by atoms with Gasteiger partial charge in [-0.2, -0.15) is 0 Å². The van der Waals surface area contributed by atoms with Gasteiger partial charge >= 0.3 is 0 Å². The minimum atomic E-state index is 0.196. The van der Waals surface area contributed by atoms with Gasteiger partial charge in [0.1, 0.15) is 0 Å². The van der Waals surface area contributed by atoms with Gasteiger partial charge in [-0.1, -0.05) is 53.4 Å². The number of ether oxygens (including phenoxy) is 1. The monoisotopic (exact) mass is 214 g/mol. The zero-order valence-corrected chi connectivity index (χ0v) is 11.3. The van der Waals surface area contributed by atoms with E-state index in [1.165, 1.54) is 44.9 Å². The van der Waals surface area contributed by atoms with E-state index in [4.69, 9.17) is 4.74 Å². The lowest BCUT2D eigenvalue weighted by molar-refractivity contribution is -0.0627. The molecule has 0 aliphatic rings. The maximum atomic E-state index is 6.13. The Hall–Kier alpha value is -0.0400. The maximum absolute atomic E-state index is 6.13. The molecule has 15 heavy (non-hydrogen) atoms. The largest absolute Gasteiger partial charge is 0.375 e. The van der Waals surface area contributed by atoms with E-state index in [1.807, 2.05) is 0 Å². The van der Waals surface area contributed by atoms with Crippen LogP contribution in [0.2, 0.25) is 0 Å². The van der Waals surface area contributed by atoms with Gasteiger partial charge in [0.2, 0.25) is 0 Å². The predicted molar refractivity (Wildman–Crippen MR) is 68.3 cm³/mol. The number of hydrogen-bond acceptors (Lipinski definition) is 1. The van der Waals surface area contributed by atoms with Crippen LogP contribution in [0.15, 0.2) is 0 Å². The Bertz CT molecular complexity index is 110. The zero-order chi connectivity index (χ0) is 11.6. The molecule has 0 amide bonds. The van der Waals surface area contributed by atoms with Crippen LogP contribution in [0.4, 0.5) is 0 Å². The molecule has 0 N–H and O–H groups in total. The summed E-state index contributed by atoms with van der Waals surface area (Å²) in [5.41, 5.74) is 0.196. The van der Waals surface area contributed by atoms with Crippen molar-refractivity contribution in [1.82, 2.24) is 0 Å². The summed E-state index contributed by atoms with van der Waals surface area (Å²) in [4.78, 5) is 0. The Labute approximate surface area is 96.6 Å². The highest BCUT2D eigenvalue weighted by Crippen LogP contribution is 2.29. The average molecular weight is 214 g/mol. The van der Waals surface area contributed by atoms with Crippen LogP contribution in [0, 0.1) is 0 Å². The van der Waals surface area contributed by atoms with E-state index in [0.717, 1.165) is 13.0 Å². The van der Waals surface area contributed by atoms with Crippen LogP contribution in [-0.4, -0.2) is 12.2 Å². The standard InChI is InChI=1S/C14H30O/c1-5-9-11-14(8-4,12-10-6-2)15-13-7-3/h5-13H2,1-4H3. The molecule has 0 fully saturated rings. The molecule has 0 spiro atoms. The Morgan fingerprint density at radius 3 is 1.67 bits per heavy atom. The Morgan fingerprint density at radius 2 is 1.33 bits per heavy atom. The van der Waals surface area contributed by atoms with Crippen molar-refractivity contribution in [2.24, 2.45) is 0 Å². The van der Waals surface area contributed by atoms with Crippen LogP contribution in [0.25, 0.3) is 0 Å². The normalized spacial score (nSPS) is 12.0. The van der Waals surface area contributed by atoms with Gasteiger partial charge in [0.25, 0.3) is 0 Å². The summed E-state index contributed by atoms with van der Waals surface area (Å²) in [6.07, 6.45) is 9.99. The first kappa shape index (κ1) is 15.0. The van der Waals surface area contributed by atoms with Crippen LogP contribution in [-0.2, 0) is 4.74 Å². The molecular weight excluding hydrogens is 184 g/mol. The third kappa shape index (κ3) is 6.19. The molecule has 92 valence electrons. The van der Waals surface area contributed by atoms with Crippen LogP contribution >= 0.6 is 0 Å². The third-order valence-electron chi connectivity index (χ3n) is 3.23. The second-order valence-electron chi connectivity index (χ2n) is 4.59. The van der Waals surface area contributed by atoms with E-state index in [2.05, 4.69) is 27.7 Å². The van der Waals surface area contributed by atoms with E-state index in [9.17, 15) is 0 Å². The molecule has 1 nitrogen and oxygen atoms in total. The van der Waals surface area contributed by atoms with Gasteiger partial charge in [0, 0.05) is 6.61 Å². The molecule has 0 unspecified atom stereocenters. The highest BCUT2D eigenvalue weighted by molar-refractivity contribution is 4.79. The quantitative estimate of drug-likeness (QED) is 0.500. The lowest BCUT2D eigenvalue weighted by Gasteiger charge is -2.33. The molecule has 0 aromatic rings. The second kappa shape index (κ2) is 9.21. The van der Waals surface area contributed by atoms with E-state index >= 15 is 0 Å². The lowest BCUT2D eigenvalue weighted by Crippen LogP contribution is -2.32. The molecule has 0 rings (SSSR count). The van der Waals surface area contributed by atoms with Gasteiger partial charge in [-0.05, 0) is 25.7 Å². The SMILES string of the molecule is CCCCC(CC)(CCCC)OCCC. The van der Waals surface area contributed by atoms with Crippen molar-refractivity contribution in [3.63, 3.8) is 0 Å². The molecule has 0 bridgehead atoms. The summed E-state index contributed by atoms with van der Waals surface area (Å²) in [6, 6.07) is 0. The van der Waals surface area contributed by atoms with Gasteiger partial charge in [-0.15, -0.1) is 0 Å². The van der Waals surface area contributed by atoms with Gasteiger partial charge in [-0.25, -0.2) is 0 Å². The predicted octanol–water partition coefficient (Wildman–Crippen LogP) is 4.94. The third-order valence-corrected chi connectivity index (χ3v) is 3.23. The van der Waals surface area contributed by atoms with Crippen LogP contribution in [0.3, 0.4) is 0 Å². The molecular formula is C14H30O. The molecule has 0 heterocycles. The second-order valence-corrected chi connectivity index (χ2v) is 4.59. The maximum Gasteiger partial charge on any atom is 0.0680 e. The van der Waals surface area contributed by atoms with Crippen molar-refractivity contribution in [3.05, 3.63) is 0 Å². The van der Waals surface area contributed by atoms with Crippen LogP contribution in [0.1, 0.15) is 79.1 Å². The van der Waals surface area contributed by atoms with E-state index in [0.29, 0.717) is 0 Å². The Balaban J connectivity index is 4.16. The van der Waals surface area contributed by atoms with Crippen molar-refractivity contribution in [2.45, 2.75) is 84.7 Å². The van der Waals surface area contributed by atoms with Crippen molar-refractivity contribution in [1.29, 1.82) is 0 Å². The van der Waals surface area contributed by atoms with Crippen molar-refractivity contribution in [3.8, 4) is 0 Å². The Kier molecular flexibility index (Phi) is 9.18. The van der Waals surface area contributed by atoms with E-state index in [-0.39, 0.29) is 5.60 Å². The van der Waals surface area contributed by atoms with Gasteiger partial charge in [-0.3, -0.25) is 0 Å². The number of hydrogen-bond donors (Lipinski definition) is 0. The summed E-state index contributed by atoms with van der Waals surface area (Å²) >= 11 is 0. The summed E-state index contributed by atoms with van der Waals surface area (Å²) in [5.74, 6) is 0. The summed E-state index contributed by atoms with van der Waals surface area (Å²) < 4.78 is 6.13. The molecule has 0 atom stereocenters. The topological polar surface area (TPSA) is 9.23 Å². The smallest absolute Gasteiger partial charge is 0.0680 e. The highest BCUT2D eigenvalue weighted by atomic mass is 16.5. The molecule has 0 aliphatic heterocycles. The number of rotatable bonds is 10. The molecule has 0 saturated carbocycles. The van der Waals surface area contributed by atoms with Crippen LogP contribution < -0.4 is 0 Å². The molecule has 0 aromatic carbocycles. The first-order chi connectivity index (χ1) is 7.24. The summed E-state index contributed by atoms with van der Waals surface area (Å²) in [6.45, 7) is 9.93. The minimum absolute atomic E-state index is 0.196. The first-order valence-electron chi connectivity index (χ1n) is 6.88. The molecule has 1 heteroatoms. The average Bonchev–Trinajstić information content (AvgIpc) is 2.29.